The lowest BCUT2D eigenvalue weighted by Gasteiger charge is -2.25. The summed E-state index contributed by atoms with van der Waals surface area (Å²) in [6.45, 7) is 5.44. The van der Waals surface area contributed by atoms with Crippen molar-refractivity contribution in [1.82, 2.24) is 0 Å². The van der Waals surface area contributed by atoms with Crippen molar-refractivity contribution >= 4 is 28.9 Å². The van der Waals surface area contributed by atoms with Crippen LogP contribution in [-0.2, 0) is 4.79 Å². The Morgan fingerprint density at radius 3 is 2.53 bits per heavy atom. The number of rotatable bonds is 3. The number of carbonyl (C=O) groups excluding carboxylic acids is 1. The van der Waals surface area contributed by atoms with Crippen LogP contribution in [0.4, 0.5) is 11.4 Å². The zero-order valence-corrected chi connectivity index (χ0v) is 11.7. The lowest BCUT2D eigenvalue weighted by molar-refractivity contribution is -0.383. The Labute approximate surface area is 116 Å². The average Bonchev–Trinajstić information content (AvgIpc) is 2.28. The molecule has 0 fully saturated rings. The minimum absolute atomic E-state index is 0.0825. The SMILES string of the molecule is CC(C)(C)[C@@H](N)C(=O)Nc1ccc(Cl)cc1[N+](=O)[O-]. The van der Waals surface area contributed by atoms with E-state index in [1.165, 1.54) is 18.2 Å². The molecule has 0 saturated carbocycles. The van der Waals surface area contributed by atoms with E-state index in [9.17, 15) is 14.9 Å². The van der Waals surface area contributed by atoms with Crippen LogP contribution >= 0.6 is 11.6 Å². The molecule has 0 radical (unpaired) electrons. The number of hydrogen-bond acceptors (Lipinski definition) is 4. The third-order valence-electron chi connectivity index (χ3n) is 2.63. The molecule has 0 aliphatic heterocycles. The third-order valence-corrected chi connectivity index (χ3v) is 2.86. The first-order chi connectivity index (χ1) is 8.62. The topological polar surface area (TPSA) is 98.3 Å². The molecule has 104 valence electrons. The highest BCUT2D eigenvalue weighted by Gasteiger charge is 2.28. The van der Waals surface area contributed by atoms with Crippen LogP contribution in [0.1, 0.15) is 20.8 Å². The maximum atomic E-state index is 11.9. The van der Waals surface area contributed by atoms with Gasteiger partial charge < -0.3 is 11.1 Å². The molecule has 1 aromatic carbocycles. The van der Waals surface area contributed by atoms with Crippen LogP contribution in [0.25, 0.3) is 0 Å². The first kappa shape index (κ1) is 15.4. The van der Waals surface area contributed by atoms with Gasteiger partial charge in [0.2, 0.25) is 5.91 Å². The molecule has 0 aromatic heterocycles. The number of nitro groups is 1. The number of benzene rings is 1. The van der Waals surface area contributed by atoms with Crippen molar-refractivity contribution in [2.24, 2.45) is 11.1 Å². The summed E-state index contributed by atoms with van der Waals surface area (Å²) in [7, 11) is 0. The van der Waals surface area contributed by atoms with Crippen molar-refractivity contribution in [2.75, 3.05) is 5.32 Å². The Balaban J connectivity index is 3.00. The van der Waals surface area contributed by atoms with E-state index in [4.69, 9.17) is 17.3 Å². The van der Waals surface area contributed by atoms with Crippen LogP contribution < -0.4 is 11.1 Å². The predicted octanol–water partition coefficient (Wildman–Crippen LogP) is 2.56. The molecule has 0 saturated heterocycles. The molecule has 19 heavy (non-hydrogen) atoms. The van der Waals surface area contributed by atoms with Crippen molar-refractivity contribution in [3.05, 3.63) is 33.3 Å². The van der Waals surface area contributed by atoms with Crippen molar-refractivity contribution in [1.29, 1.82) is 0 Å². The summed E-state index contributed by atoms with van der Waals surface area (Å²) in [5.41, 5.74) is 5.17. The zero-order valence-electron chi connectivity index (χ0n) is 10.9. The number of carbonyl (C=O) groups is 1. The zero-order chi connectivity index (χ0) is 14.8. The summed E-state index contributed by atoms with van der Waals surface area (Å²) in [6.07, 6.45) is 0. The summed E-state index contributed by atoms with van der Waals surface area (Å²) in [6, 6.07) is 3.25. The van der Waals surface area contributed by atoms with Gasteiger partial charge in [-0.2, -0.15) is 0 Å². The van der Waals surface area contributed by atoms with Crippen LogP contribution in [0.5, 0.6) is 0 Å². The smallest absolute Gasteiger partial charge is 0.294 e. The van der Waals surface area contributed by atoms with Gasteiger partial charge in [-0.1, -0.05) is 32.4 Å². The Morgan fingerprint density at radius 2 is 2.05 bits per heavy atom. The predicted molar refractivity (Wildman–Crippen MR) is 74.2 cm³/mol. The molecule has 0 aliphatic rings. The summed E-state index contributed by atoms with van der Waals surface area (Å²) in [4.78, 5) is 22.2. The van der Waals surface area contributed by atoms with E-state index in [-0.39, 0.29) is 16.4 Å². The highest BCUT2D eigenvalue weighted by Crippen LogP contribution is 2.28. The quantitative estimate of drug-likeness (QED) is 0.658. The van der Waals surface area contributed by atoms with Gasteiger partial charge in [0.25, 0.3) is 5.69 Å². The van der Waals surface area contributed by atoms with Crippen molar-refractivity contribution < 1.29 is 9.72 Å². The highest BCUT2D eigenvalue weighted by molar-refractivity contribution is 6.31. The first-order valence-electron chi connectivity index (χ1n) is 5.63. The Hall–Kier alpha value is -1.66. The molecule has 0 unspecified atom stereocenters. The number of halogens is 1. The third kappa shape index (κ3) is 3.90. The number of nitrogens with zero attached hydrogens (tertiary/aromatic N) is 1. The molecule has 0 aliphatic carbocycles. The molecule has 1 amide bonds. The van der Waals surface area contributed by atoms with E-state index in [1.54, 1.807) is 0 Å². The van der Waals surface area contributed by atoms with Gasteiger partial charge >= 0.3 is 0 Å². The largest absolute Gasteiger partial charge is 0.319 e. The lowest BCUT2D eigenvalue weighted by atomic mass is 9.87. The van der Waals surface area contributed by atoms with E-state index in [0.717, 1.165) is 0 Å². The maximum Gasteiger partial charge on any atom is 0.294 e. The fourth-order valence-electron chi connectivity index (χ4n) is 1.37. The molecule has 0 spiro atoms. The summed E-state index contributed by atoms with van der Waals surface area (Å²) in [5, 5.41) is 13.6. The fourth-order valence-corrected chi connectivity index (χ4v) is 1.53. The Morgan fingerprint density at radius 1 is 1.47 bits per heavy atom. The van der Waals surface area contributed by atoms with Gasteiger partial charge in [0.1, 0.15) is 5.69 Å². The van der Waals surface area contributed by atoms with Gasteiger partial charge in [0.15, 0.2) is 0 Å². The van der Waals surface area contributed by atoms with Gasteiger partial charge in [-0.3, -0.25) is 14.9 Å². The normalized spacial score (nSPS) is 12.9. The van der Waals surface area contributed by atoms with Crippen molar-refractivity contribution in [3.8, 4) is 0 Å². The van der Waals surface area contributed by atoms with Gasteiger partial charge in [0.05, 0.1) is 11.0 Å². The number of amides is 1. The average molecular weight is 286 g/mol. The highest BCUT2D eigenvalue weighted by atomic mass is 35.5. The van der Waals surface area contributed by atoms with Gasteiger partial charge in [-0.15, -0.1) is 0 Å². The molecule has 7 heteroatoms. The van der Waals surface area contributed by atoms with Gasteiger partial charge in [0, 0.05) is 11.1 Å². The lowest BCUT2D eigenvalue weighted by Crippen LogP contribution is -2.45. The molecule has 0 heterocycles. The summed E-state index contributed by atoms with van der Waals surface area (Å²) < 4.78 is 0. The fraction of sp³-hybridized carbons (Fsp3) is 0.417. The minimum Gasteiger partial charge on any atom is -0.319 e. The molecule has 1 rings (SSSR count). The van der Waals surface area contributed by atoms with Crippen LogP contribution in [0, 0.1) is 15.5 Å². The summed E-state index contributed by atoms with van der Waals surface area (Å²) in [5.74, 6) is -0.474. The van der Waals surface area contributed by atoms with Crippen LogP contribution in [0.2, 0.25) is 5.02 Å². The first-order valence-corrected chi connectivity index (χ1v) is 6.01. The van der Waals surface area contributed by atoms with E-state index in [1.807, 2.05) is 20.8 Å². The monoisotopic (exact) mass is 285 g/mol. The Kier molecular flexibility index (Phi) is 4.49. The maximum absolute atomic E-state index is 11.9. The van der Waals surface area contributed by atoms with E-state index in [2.05, 4.69) is 5.32 Å². The van der Waals surface area contributed by atoms with Crippen LogP contribution in [0.15, 0.2) is 18.2 Å². The second-order valence-electron chi connectivity index (χ2n) is 5.25. The van der Waals surface area contributed by atoms with Crippen LogP contribution in [-0.4, -0.2) is 16.9 Å². The van der Waals surface area contributed by atoms with E-state index < -0.39 is 22.3 Å². The van der Waals surface area contributed by atoms with Gasteiger partial charge in [-0.25, -0.2) is 0 Å². The number of nitrogens with two attached hydrogens (primary N) is 1. The molecule has 3 N–H and O–H groups in total. The van der Waals surface area contributed by atoms with E-state index >= 15 is 0 Å². The van der Waals surface area contributed by atoms with Crippen LogP contribution in [0.3, 0.4) is 0 Å². The van der Waals surface area contributed by atoms with E-state index in [0.29, 0.717) is 0 Å². The standard InChI is InChI=1S/C12H16ClN3O3/c1-12(2,3)10(14)11(17)15-8-5-4-7(13)6-9(8)16(18)19/h4-6,10H,14H2,1-3H3,(H,15,17)/t10-/m0/s1. The molecule has 1 aromatic rings. The molecule has 6 nitrogen and oxygen atoms in total. The number of nitro benzene ring substituents is 1. The van der Waals surface area contributed by atoms with Gasteiger partial charge in [-0.05, 0) is 17.5 Å². The second kappa shape index (κ2) is 5.54. The molecular formula is C12H16ClN3O3. The van der Waals surface area contributed by atoms with Crippen molar-refractivity contribution in [2.45, 2.75) is 26.8 Å². The number of hydrogen-bond donors (Lipinski definition) is 2. The minimum atomic E-state index is -0.775. The Bertz CT molecular complexity index is 511. The molecular weight excluding hydrogens is 270 g/mol. The molecule has 1 atom stereocenters. The number of anilines is 1. The summed E-state index contributed by atoms with van der Waals surface area (Å²) >= 11 is 5.69. The number of nitrogens with one attached hydrogen (secondary N) is 1. The van der Waals surface area contributed by atoms with Crippen molar-refractivity contribution in [3.63, 3.8) is 0 Å². The molecule has 0 bridgehead atoms. The second-order valence-corrected chi connectivity index (χ2v) is 5.69.